The molecule has 22 heavy (non-hydrogen) atoms. The molecule has 0 unspecified atom stereocenters. The van der Waals surface area contributed by atoms with Crippen molar-refractivity contribution in [1.29, 1.82) is 0 Å². The number of hydrogen-bond donors (Lipinski definition) is 2. The molecule has 2 atom stereocenters. The van der Waals surface area contributed by atoms with Crippen LogP contribution in [-0.4, -0.2) is 47.4 Å². The normalized spacial score (nSPS) is 25.4. The Hall–Kier alpha value is -1.59. The van der Waals surface area contributed by atoms with E-state index in [1.807, 2.05) is 6.92 Å². The first-order valence-corrected chi connectivity index (χ1v) is 8.24. The van der Waals surface area contributed by atoms with E-state index < -0.39 is 11.9 Å². The van der Waals surface area contributed by atoms with Gasteiger partial charge >= 0.3 is 5.97 Å². The van der Waals surface area contributed by atoms with Gasteiger partial charge in [-0.2, -0.15) is 0 Å². The first kappa shape index (κ1) is 16.8. The second-order valence-corrected chi connectivity index (χ2v) is 6.69. The van der Waals surface area contributed by atoms with Crippen molar-refractivity contribution in [2.75, 3.05) is 19.6 Å². The molecule has 0 aromatic rings. The molecular weight excluding hydrogens is 284 g/mol. The van der Waals surface area contributed by atoms with Gasteiger partial charge < -0.3 is 15.3 Å². The number of nitrogens with one attached hydrogen (secondary N) is 1. The van der Waals surface area contributed by atoms with Crippen LogP contribution >= 0.6 is 0 Å². The molecule has 1 aliphatic carbocycles. The van der Waals surface area contributed by atoms with Gasteiger partial charge in [0.2, 0.25) is 11.8 Å². The van der Waals surface area contributed by atoms with Crippen molar-refractivity contribution in [1.82, 2.24) is 10.2 Å². The second-order valence-electron chi connectivity index (χ2n) is 6.69. The third-order valence-corrected chi connectivity index (χ3v) is 4.97. The molecule has 1 saturated carbocycles. The van der Waals surface area contributed by atoms with Gasteiger partial charge in [0.15, 0.2) is 0 Å². The summed E-state index contributed by atoms with van der Waals surface area (Å²) in [5, 5.41) is 11.7. The van der Waals surface area contributed by atoms with Crippen molar-refractivity contribution >= 4 is 17.8 Å². The molecule has 2 fully saturated rings. The highest BCUT2D eigenvalue weighted by Crippen LogP contribution is 2.28. The number of likely N-dealkylation sites (tertiary alicyclic amines) is 1. The molecule has 0 spiro atoms. The number of nitrogens with zero attached hydrogens (tertiary/aromatic N) is 1. The van der Waals surface area contributed by atoms with Gasteiger partial charge in [0, 0.05) is 19.5 Å². The maximum atomic E-state index is 12.0. The largest absolute Gasteiger partial charge is 0.481 e. The van der Waals surface area contributed by atoms with Gasteiger partial charge in [0.05, 0.1) is 12.5 Å². The monoisotopic (exact) mass is 310 g/mol. The van der Waals surface area contributed by atoms with Crippen LogP contribution in [0.4, 0.5) is 0 Å². The van der Waals surface area contributed by atoms with Crippen molar-refractivity contribution in [3.63, 3.8) is 0 Å². The summed E-state index contributed by atoms with van der Waals surface area (Å²) in [6.07, 6.45) is 6.35. The molecule has 2 N–H and O–H groups in total. The van der Waals surface area contributed by atoms with E-state index in [2.05, 4.69) is 5.32 Å². The number of hydrogen-bond acceptors (Lipinski definition) is 3. The maximum Gasteiger partial charge on any atom is 0.308 e. The third-order valence-electron chi connectivity index (χ3n) is 4.97. The minimum absolute atomic E-state index is 0.0252. The second kappa shape index (κ2) is 7.61. The van der Waals surface area contributed by atoms with Gasteiger partial charge in [-0.3, -0.25) is 14.4 Å². The van der Waals surface area contributed by atoms with Crippen LogP contribution in [0.25, 0.3) is 0 Å². The predicted octanol–water partition coefficient (Wildman–Crippen LogP) is 1.25. The fourth-order valence-electron chi connectivity index (χ4n) is 3.50. The summed E-state index contributed by atoms with van der Waals surface area (Å²) in [6.45, 7) is 2.51. The van der Waals surface area contributed by atoms with Crippen LogP contribution in [0.3, 0.4) is 0 Å². The van der Waals surface area contributed by atoms with Crippen LogP contribution in [0.15, 0.2) is 0 Å². The highest BCUT2D eigenvalue weighted by molar-refractivity contribution is 5.85. The van der Waals surface area contributed by atoms with Gasteiger partial charge in [-0.15, -0.1) is 0 Å². The molecule has 2 aliphatic rings. The van der Waals surface area contributed by atoms with E-state index in [-0.39, 0.29) is 30.8 Å². The zero-order valence-corrected chi connectivity index (χ0v) is 13.2. The maximum absolute atomic E-state index is 12.0. The number of amides is 2. The molecule has 0 bridgehead atoms. The molecule has 1 heterocycles. The fraction of sp³-hybridized carbons (Fsp3) is 0.812. The van der Waals surface area contributed by atoms with Crippen molar-refractivity contribution in [3.8, 4) is 0 Å². The Kier molecular flexibility index (Phi) is 5.80. The van der Waals surface area contributed by atoms with Crippen molar-refractivity contribution in [3.05, 3.63) is 0 Å². The first-order chi connectivity index (χ1) is 10.5. The Balaban J connectivity index is 1.66. The molecule has 0 aromatic carbocycles. The minimum atomic E-state index is -0.858. The molecule has 0 aromatic heterocycles. The number of aliphatic carboxylic acids is 1. The lowest BCUT2D eigenvalue weighted by molar-refractivity contribution is -0.142. The van der Waals surface area contributed by atoms with Gasteiger partial charge in [-0.1, -0.05) is 32.6 Å². The first-order valence-electron chi connectivity index (χ1n) is 8.24. The van der Waals surface area contributed by atoms with Crippen LogP contribution in [-0.2, 0) is 14.4 Å². The highest BCUT2D eigenvalue weighted by Gasteiger charge is 2.36. The Morgan fingerprint density at radius 2 is 1.86 bits per heavy atom. The van der Waals surface area contributed by atoms with Gasteiger partial charge in [0.1, 0.15) is 0 Å². The average molecular weight is 310 g/mol. The van der Waals surface area contributed by atoms with E-state index >= 15 is 0 Å². The Morgan fingerprint density at radius 1 is 1.18 bits per heavy atom. The van der Waals surface area contributed by atoms with Crippen LogP contribution in [0.1, 0.15) is 45.4 Å². The summed E-state index contributed by atoms with van der Waals surface area (Å²) in [5.41, 5.74) is 0. The molecule has 2 rings (SSSR count). The van der Waals surface area contributed by atoms with E-state index in [0.29, 0.717) is 18.9 Å². The number of carbonyl (C=O) groups is 3. The smallest absolute Gasteiger partial charge is 0.308 e. The number of carboxylic acid groups (broad SMARTS) is 1. The van der Waals surface area contributed by atoms with Crippen LogP contribution in [0.5, 0.6) is 0 Å². The van der Waals surface area contributed by atoms with Gasteiger partial charge in [-0.05, 0) is 18.3 Å². The SMILES string of the molecule is C[C@@H]1CN(C(=O)CNC(=O)CCC2CCCC2)C[C@H]1C(=O)O. The quantitative estimate of drug-likeness (QED) is 0.773. The standard InChI is InChI=1S/C16H26N2O4/c1-11-9-18(10-13(11)16(21)22)15(20)8-17-14(19)7-6-12-4-2-3-5-12/h11-13H,2-10H2,1H3,(H,17,19)(H,21,22)/t11-,13-/m1/s1. The zero-order valence-electron chi connectivity index (χ0n) is 13.2. The highest BCUT2D eigenvalue weighted by atomic mass is 16.4. The van der Waals surface area contributed by atoms with E-state index in [0.717, 1.165) is 6.42 Å². The van der Waals surface area contributed by atoms with Crippen LogP contribution in [0.2, 0.25) is 0 Å². The summed E-state index contributed by atoms with van der Waals surface area (Å²) < 4.78 is 0. The lowest BCUT2D eigenvalue weighted by Gasteiger charge is -2.16. The number of carboxylic acids is 1. The Labute approximate surface area is 131 Å². The van der Waals surface area contributed by atoms with Crippen LogP contribution < -0.4 is 5.32 Å². The van der Waals surface area contributed by atoms with E-state index in [4.69, 9.17) is 5.11 Å². The molecule has 1 saturated heterocycles. The predicted molar refractivity (Wildman–Crippen MR) is 81.1 cm³/mol. The number of carbonyl (C=O) groups excluding carboxylic acids is 2. The number of rotatable bonds is 6. The van der Waals surface area contributed by atoms with Gasteiger partial charge in [0.25, 0.3) is 0 Å². The third kappa shape index (κ3) is 4.45. The summed E-state index contributed by atoms with van der Waals surface area (Å²) in [7, 11) is 0. The van der Waals surface area contributed by atoms with Crippen molar-refractivity contribution in [2.24, 2.45) is 17.8 Å². The summed E-state index contributed by atoms with van der Waals surface area (Å²) in [5.74, 6) is -1.01. The summed E-state index contributed by atoms with van der Waals surface area (Å²) in [6, 6.07) is 0. The molecule has 1 aliphatic heterocycles. The molecule has 2 amide bonds. The van der Waals surface area contributed by atoms with E-state index in [1.165, 1.54) is 25.7 Å². The lowest BCUT2D eigenvalue weighted by atomic mass is 9.99. The summed E-state index contributed by atoms with van der Waals surface area (Å²) in [4.78, 5) is 36.4. The average Bonchev–Trinajstić information content (AvgIpc) is 3.11. The van der Waals surface area contributed by atoms with Crippen molar-refractivity contribution < 1.29 is 19.5 Å². The van der Waals surface area contributed by atoms with E-state index in [9.17, 15) is 14.4 Å². The molecule has 6 heteroatoms. The molecule has 0 radical (unpaired) electrons. The Morgan fingerprint density at radius 3 is 2.45 bits per heavy atom. The summed E-state index contributed by atoms with van der Waals surface area (Å²) >= 11 is 0. The van der Waals surface area contributed by atoms with Crippen LogP contribution in [0, 0.1) is 17.8 Å². The molecule has 6 nitrogen and oxygen atoms in total. The topological polar surface area (TPSA) is 86.7 Å². The molecular formula is C16H26N2O4. The fourth-order valence-corrected chi connectivity index (χ4v) is 3.50. The Bertz CT molecular complexity index is 432. The minimum Gasteiger partial charge on any atom is -0.481 e. The molecule has 124 valence electrons. The van der Waals surface area contributed by atoms with Gasteiger partial charge in [-0.25, -0.2) is 0 Å². The lowest BCUT2D eigenvalue weighted by Crippen LogP contribution is -2.39. The van der Waals surface area contributed by atoms with Crippen molar-refractivity contribution in [2.45, 2.75) is 45.4 Å². The zero-order chi connectivity index (χ0) is 16.1. The van der Waals surface area contributed by atoms with E-state index in [1.54, 1.807) is 4.90 Å².